The van der Waals surface area contributed by atoms with E-state index in [4.69, 9.17) is 0 Å². The van der Waals surface area contributed by atoms with Crippen molar-refractivity contribution in [2.75, 3.05) is 18.0 Å². The molecule has 33 heavy (non-hydrogen) atoms. The van der Waals surface area contributed by atoms with Crippen molar-refractivity contribution >= 4 is 16.7 Å². The zero-order valence-electron chi connectivity index (χ0n) is 19.7. The summed E-state index contributed by atoms with van der Waals surface area (Å²) in [6, 6.07) is 16.6. The fourth-order valence-corrected chi connectivity index (χ4v) is 4.88. The monoisotopic (exact) mass is 440 g/mol. The number of rotatable bonds is 3. The number of nitrogens with zero attached hydrogens (tertiary/aromatic N) is 6. The average molecular weight is 441 g/mol. The van der Waals surface area contributed by atoms with Gasteiger partial charge in [-0.05, 0) is 45.4 Å². The summed E-state index contributed by atoms with van der Waals surface area (Å²) in [6.07, 6.45) is 0. The van der Waals surface area contributed by atoms with Gasteiger partial charge in [-0.3, -0.25) is 9.69 Å². The molecule has 4 rings (SSSR count). The third-order valence-corrected chi connectivity index (χ3v) is 6.82. The quantitative estimate of drug-likeness (QED) is 0.618. The zero-order valence-corrected chi connectivity index (χ0v) is 19.7. The maximum Gasteiger partial charge on any atom is 0.270 e. The van der Waals surface area contributed by atoms with E-state index in [0.29, 0.717) is 23.3 Å². The van der Waals surface area contributed by atoms with Crippen LogP contribution in [0.25, 0.3) is 11.0 Å². The fourth-order valence-electron chi connectivity index (χ4n) is 4.88. The van der Waals surface area contributed by atoms with Gasteiger partial charge in [-0.25, -0.2) is 4.98 Å². The summed E-state index contributed by atoms with van der Waals surface area (Å²) in [7, 11) is 1.64. The standard InChI is InChI=1S/C26H28N6O/c1-16-6-8-20(9-7-16)19(4)31-14-18(3)32(15-17(31)2)25-22(13-28)26(33)30(5)23-11-10-21(12-27)29-24(23)25/h6-11,17-19H,14-15H2,1-5H3/t17-,18+,19?/m1/s1. The third kappa shape index (κ3) is 3.86. The van der Waals surface area contributed by atoms with E-state index in [1.807, 2.05) is 0 Å². The highest BCUT2D eigenvalue weighted by Gasteiger charge is 2.35. The molecule has 2 aromatic heterocycles. The summed E-state index contributed by atoms with van der Waals surface area (Å²) in [4.78, 5) is 22.1. The Morgan fingerprint density at radius 1 is 1.03 bits per heavy atom. The van der Waals surface area contributed by atoms with E-state index in [1.165, 1.54) is 15.7 Å². The molecular weight excluding hydrogens is 412 g/mol. The van der Waals surface area contributed by atoms with Crippen molar-refractivity contribution in [2.24, 2.45) is 7.05 Å². The van der Waals surface area contributed by atoms with Gasteiger partial charge in [0, 0.05) is 38.3 Å². The van der Waals surface area contributed by atoms with Crippen LogP contribution in [-0.4, -0.2) is 39.6 Å². The Balaban J connectivity index is 1.78. The molecule has 1 aliphatic rings. The minimum atomic E-state index is -0.346. The first-order valence-corrected chi connectivity index (χ1v) is 11.2. The second-order valence-electron chi connectivity index (χ2n) is 9.01. The van der Waals surface area contributed by atoms with Crippen LogP contribution < -0.4 is 10.5 Å². The van der Waals surface area contributed by atoms with Gasteiger partial charge in [0.15, 0.2) is 0 Å². The molecule has 3 aromatic rings. The van der Waals surface area contributed by atoms with Crippen LogP contribution >= 0.6 is 0 Å². The molecule has 0 saturated carbocycles. The Bertz CT molecular complexity index is 1340. The van der Waals surface area contributed by atoms with Crippen LogP contribution in [0.1, 0.15) is 49.2 Å². The van der Waals surface area contributed by atoms with Crippen molar-refractivity contribution in [1.82, 2.24) is 14.5 Å². The number of pyridine rings is 2. The van der Waals surface area contributed by atoms with Crippen LogP contribution in [0.15, 0.2) is 41.2 Å². The highest BCUT2D eigenvalue weighted by molar-refractivity contribution is 5.92. The number of fused-ring (bicyclic) bond motifs is 1. The predicted molar refractivity (Wildman–Crippen MR) is 129 cm³/mol. The van der Waals surface area contributed by atoms with Crippen molar-refractivity contribution < 1.29 is 0 Å². The fraction of sp³-hybridized carbons (Fsp3) is 0.385. The molecule has 0 N–H and O–H groups in total. The summed E-state index contributed by atoms with van der Waals surface area (Å²) in [5.41, 5.74) is 4.17. The number of anilines is 1. The Kier molecular flexibility index (Phi) is 5.93. The van der Waals surface area contributed by atoms with Gasteiger partial charge in [0.05, 0.1) is 11.2 Å². The minimum absolute atomic E-state index is 0.0454. The van der Waals surface area contributed by atoms with Crippen molar-refractivity contribution in [2.45, 2.75) is 45.8 Å². The molecule has 0 bridgehead atoms. The molecule has 1 unspecified atom stereocenters. The van der Waals surface area contributed by atoms with Gasteiger partial charge in [-0.1, -0.05) is 29.8 Å². The number of hydrogen-bond donors (Lipinski definition) is 0. The first-order chi connectivity index (χ1) is 15.8. The highest BCUT2D eigenvalue weighted by atomic mass is 16.1. The number of hydrogen-bond acceptors (Lipinski definition) is 6. The van der Waals surface area contributed by atoms with Gasteiger partial charge in [0.2, 0.25) is 0 Å². The number of benzene rings is 1. The van der Waals surface area contributed by atoms with E-state index in [1.54, 1.807) is 19.2 Å². The van der Waals surface area contributed by atoms with Gasteiger partial charge in [-0.15, -0.1) is 0 Å². The van der Waals surface area contributed by atoms with Gasteiger partial charge >= 0.3 is 0 Å². The molecule has 1 fully saturated rings. The normalized spacial score (nSPS) is 19.8. The SMILES string of the molecule is Cc1ccc(C(C)N2C[C@H](C)N(c3c(C#N)c(=O)n(C)c4ccc(C#N)nc34)C[C@H]2C)cc1. The number of piperazine rings is 1. The van der Waals surface area contributed by atoms with E-state index < -0.39 is 0 Å². The van der Waals surface area contributed by atoms with E-state index in [2.05, 4.69) is 78.9 Å². The summed E-state index contributed by atoms with van der Waals surface area (Å²) in [6.45, 7) is 10.0. The number of nitriles is 2. The largest absolute Gasteiger partial charge is 0.363 e. The molecule has 0 radical (unpaired) electrons. The lowest BCUT2D eigenvalue weighted by Gasteiger charge is -2.48. The molecule has 7 nitrogen and oxygen atoms in total. The molecular formula is C26H28N6O. The van der Waals surface area contributed by atoms with Crippen molar-refractivity contribution in [3.8, 4) is 12.1 Å². The smallest absolute Gasteiger partial charge is 0.270 e. The Morgan fingerprint density at radius 2 is 1.73 bits per heavy atom. The summed E-state index contributed by atoms with van der Waals surface area (Å²) in [5.74, 6) is 0. The second kappa shape index (κ2) is 8.69. The lowest BCUT2D eigenvalue weighted by Crippen LogP contribution is -2.57. The van der Waals surface area contributed by atoms with Crippen molar-refractivity contribution in [3.05, 3.63) is 69.1 Å². The predicted octanol–water partition coefficient (Wildman–Crippen LogP) is 3.65. The number of aromatic nitrogens is 2. The average Bonchev–Trinajstić information content (AvgIpc) is 2.82. The maximum atomic E-state index is 13.0. The molecule has 168 valence electrons. The summed E-state index contributed by atoms with van der Waals surface area (Å²) >= 11 is 0. The van der Waals surface area contributed by atoms with E-state index in [-0.39, 0.29) is 34.9 Å². The molecule has 7 heteroatoms. The topological polar surface area (TPSA) is 89.0 Å². The third-order valence-electron chi connectivity index (χ3n) is 6.82. The van der Waals surface area contributed by atoms with Crippen LogP contribution in [0.2, 0.25) is 0 Å². The van der Waals surface area contributed by atoms with Crippen LogP contribution in [0.3, 0.4) is 0 Å². The van der Waals surface area contributed by atoms with Gasteiger partial charge < -0.3 is 9.47 Å². The van der Waals surface area contributed by atoms with Crippen LogP contribution in [0.5, 0.6) is 0 Å². The van der Waals surface area contributed by atoms with Gasteiger partial charge in [0.1, 0.15) is 28.9 Å². The second-order valence-corrected chi connectivity index (χ2v) is 9.01. The first kappa shape index (κ1) is 22.5. The van der Waals surface area contributed by atoms with Gasteiger partial charge in [-0.2, -0.15) is 10.5 Å². The molecule has 1 aromatic carbocycles. The van der Waals surface area contributed by atoms with E-state index in [9.17, 15) is 15.3 Å². The Hall–Kier alpha value is -3.68. The summed E-state index contributed by atoms with van der Waals surface area (Å²) in [5, 5.41) is 19.3. The van der Waals surface area contributed by atoms with Crippen molar-refractivity contribution in [3.63, 3.8) is 0 Å². The molecule has 0 spiro atoms. The molecule has 1 saturated heterocycles. The molecule has 3 heterocycles. The number of aryl methyl sites for hydroxylation is 2. The highest BCUT2D eigenvalue weighted by Crippen LogP contribution is 2.34. The summed E-state index contributed by atoms with van der Waals surface area (Å²) < 4.78 is 1.44. The van der Waals surface area contributed by atoms with Gasteiger partial charge in [0.25, 0.3) is 5.56 Å². The Morgan fingerprint density at radius 3 is 2.36 bits per heavy atom. The van der Waals surface area contributed by atoms with Crippen LogP contribution in [0, 0.1) is 29.6 Å². The zero-order chi connectivity index (χ0) is 23.9. The van der Waals surface area contributed by atoms with Crippen molar-refractivity contribution in [1.29, 1.82) is 10.5 Å². The minimum Gasteiger partial charge on any atom is -0.363 e. The maximum absolute atomic E-state index is 13.0. The van der Waals surface area contributed by atoms with E-state index >= 15 is 0 Å². The molecule has 0 aliphatic carbocycles. The molecule has 3 atom stereocenters. The molecule has 1 aliphatic heterocycles. The molecule has 0 amide bonds. The van der Waals surface area contributed by atoms with Crippen LogP contribution in [-0.2, 0) is 7.05 Å². The first-order valence-electron chi connectivity index (χ1n) is 11.2. The lowest BCUT2D eigenvalue weighted by molar-refractivity contribution is 0.119. The Labute approximate surface area is 194 Å². The van der Waals surface area contributed by atoms with Crippen LogP contribution in [0.4, 0.5) is 5.69 Å². The van der Waals surface area contributed by atoms with E-state index in [0.717, 1.165) is 6.54 Å². The lowest BCUT2D eigenvalue weighted by atomic mass is 9.99.